The molecule has 1 N–H and O–H groups in total. The first kappa shape index (κ1) is 15.5. The van der Waals surface area contributed by atoms with E-state index in [1.54, 1.807) is 25.2 Å². The van der Waals surface area contributed by atoms with E-state index in [-0.39, 0.29) is 6.54 Å². The molecule has 0 bridgehead atoms. The lowest BCUT2D eigenvalue weighted by atomic mass is 10.0. The third-order valence-electron chi connectivity index (χ3n) is 4.07. The summed E-state index contributed by atoms with van der Waals surface area (Å²) in [6.45, 7) is 2.17. The van der Waals surface area contributed by atoms with E-state index in [4.69, 9.17) is 0 Å². The molecule has 1 aromatic carbocycles. The molecule has 2 rings (SSSR count). The zero-order chi connectivity index (χ0) is 14.8. The molecule has 1 aliphatic carbocycles. The van der Waals surface area contributed by atoms with Crippen molar-refractivity contribution in [1.29, 1.82) is 0 Å². The number of likely N-dealkylation sites (N-methyl/N-ethyl adjacent to an activating group) is 1. The van der Waals surface area contributed by atoms with Gasteiger partial charge in [-0.3, -0.25) is 0 Å². The molecule has 0 aliphatic heterocycles. The van der Waals surface area contributed by atoms with Crippen molar-refractivity contribution in [2.24, 2.45) is 0 Å². The van der Waals surface area contributed by atoms with Crippen LogP contribution in [0, 0.1) is 0 Å². The predicted molar refractivity (Wildman–Crippen MR) is 79.1 cm³/mol. The van der Waals surface area contributed by atoms with Crippen LogP contribution >= 0.6 is 0 Å². The third kappa shape index (κ3) is 3.22. The molecule has 1 aliphatic rings. The Hall–Kier alpha value is -0.910. The van der Waals surface area contributed by atoms with Gasteiger partial charge in [-0.1, -0.05) is 31.9 Å². The minimum absolute atomic E-state index is 0.172. The molecule has 112 valence electrons. The van der Waals surface area contributed by atoms with Crippen molar-refractivity contribution in [3.05, 3.63) is 29.8 Å². The van der Waals surface area contributed by atoms with E-state index in [0.29, 0.717) is 17.7 Å². The Balaban J connectivity index is 2.20. The molecular weight excluding hydrogens is 274 g/mol. The van der Waals surface area contributed by atoms with Crippen molar-refractivity contribution in [2.75, 3.05) is 13.6 Å². The quantitative estimate of drug-likeness (QED) is 0.906. The maximum absolute atomic E-state index is 12.5. The molecule has 4 nitrogen and oxygen atoms in total. The van der Waals surface area contributed by atoms with Gasteiger partial charge in [-0.2, -0.15) is 4.31 Å². The minimum Gasteiger partial charge on any atom is -0.389 e. The minimum atomic E-state index is -3.52. The van der Waals surface area contributed by atoms with Gasteiger partial charge >= 0.3 is 0 Å². The van der Waals surface area contributed by atoms with E-state index in [2.05, 4.69) is 0 Å². The lowest BCUT2D eigenvalue weighted by Crippen LogP contribution is -2.41. The molecule has 0 radical (unpaired) electrons. The lowest BCUT2D eigenvalue weighted by Gasteiger charge is -2.28. The summed E-state index contributed by atoms with van der Waals surface area (Å²) in [6.07, 6.45) is 4.10. The van der Waals surface area contributed by atoms with Gasteiger partial charge in [-0.05, 0) is 37.0 Å². The van der Waals surface area contributed by atoms with E-state index in [0.717, 1.165) is 24.8 Å². The number of aryl methyl sites for hydroxylation is 1. The van der Waals surface area contributed by atoms with Gasteiger partial charge in [0.2, 0.25) is 10.0 Å². The van der Waals surface area contributed by atoms with Gasteiger partial charge in [-0.15, -0.1) is 0 Å². The number of hydrogen-bond donors (Lipinski definition) is 1. The lowest BCUT2D eigenvalue weighted by molar-refractivity contribution is 0.0333. The van der Waals surface area contributed by atoms with Crippen molar-refractivity contribution < 1.29 is 13.5 Å². The first-order valence-corrected chi connectivity index (χ1v) is 8.59. The Morgan fingerprint density at radius 1 is 1.30 bits per heavy atom. The van der Waals surface area contributed by atoms with Crippen molar-refractivity contribution in [3.8, 4) is 0 Å². The SMILES string of the molecule is CCc1cccc(S(=O)(=O)N(C)CC2(O)CCCC2)c1. The zero-order valence-electron chi connectivity index (χ0n) is 12.2. The van der Waals surface area contributed by atoms with Gasteiger partial charge in [0.25, 0.3) is 0 Å². The van der Waals surface area contributed by atoms with Gasteiger partial charge < -0.3 is 5.11 Å². The maximum atomic E-state index is 12.5. The third-order valence-corrected chi connectivity index (χ3v) is 5.87. The highest BCUT2D eigenvalue weighted by molar-refractivity contribution is 7.89. The molecule has 0 saturated heterocycles. The van der Waals surface area contributed by atoms with Gasteiger partial charge in [-0.25, -0.2) is 8.42 Å². The molecule has 0 aromatic heterocycles. The number of nitrogens with zero attached hydrogens (tertiary/aromatic N) is 1. The van der Waals surface area contributed by atoms with Gasteiger partial charge in [0.15, 0.2) is 0 Å². The normalized spacial score (nSPS) is 18.6. The standard InChI is InChI=1S/C15H23NO3S/c1-3-13-7-6-8-14(11-13)20(18,19)16(2)12-15(17)9-4-5-10-15/h6-8,11,17H,3-5,9-10,12H2,1-2H3. The van der Waals surface area contributed by atoms with Crippen LogP contribution in [0.1, 0.15) is 38.2 Å². The summed E-state index contributed by atoms with van der Waals surface area (Å²) >= 11 is 0. The molecule has 0 atom stereocenters. The summed E-state index contributed by atoms with van der Waals surface area (Å²) in [4.78, 5) is 0.306. The smallest absolute Gasteiger partial charge is 0.242 e. The molecule has 0 heterocycles. The molecule has 20 heavy (non-hydrogen) atoms. The number of benzene rings is 1. The highest BCUT2D eigenvalue weighted by atomic mass is 32.2. The first-order valence-electron chi connectivity index (χ1n) is 7.15. The Labute approximate surface area is 121 Å². The van der Waals surface area contributed by atoms with E-state index >= 15 is 0 Å². The van der Waals surface area contributed by atoms with Crippen LogP contribution in [0.15, 0.2) is 29.2 Å². The van der Waals surface area contributed by atoms with Crippen LogP contribution in [0.4, 0.5) is 0 Å². The Kier molecular flexibility index (Phi) is 4.52. The predicted octanol–water partition coefficient (Wildman–Crippen LogP) is 2.17. The zero-order valence-corrected chi connectivity index (χ0v) is 13.0. The average molecular weight is 297 g/mol. The van der Waals surface area contributed by atoms with Gasteiger partial charge in [0.1, 0.15) is 0 Å². The number of aliphatic hydroxyl groups is 1. The van der Waals surface area contributed by atoms with E-state index in [1.807, 2.05) is 13.0 Å². The molecule has 1 fully saturated rings. The van der Waals surface area contributed by atoms with Crippen LogP contribution in [-0.4, -0.2) is 37.0 Å². The maximum Gasteiger partial charge on any atom is 0.242 e. The van der Waals surface area contributed by atoms with Crippen LogP contribution in [0.5, 0.6) is 0 Å². The van der Waals surface area contributed by atoms with Crippen molar-refractivity contribution >= 4 is 10.0 Å². The summed E-state index contributed by atoms with van der Waals surface area (Å²) in [5, 5.41) is 10.4. The molecule has 1 saturated carbocycles. The molecule has 5 heteroatoms. The Bertz CT molecular complexity index is 562. The average Bonchev–Trinajstić information content (AvgIpc) is 2.85. The van der Waals surface area contributed by atoms with Crippen molar-refractivity contribution in [1.82, 2.24) is 4.31 Å². The molecule has 0 amide bonds. The second kappa shape index (κ2) is 5.84. The number of hydrogen-bond acceptors (Lipinski definition) is 3. The molecule has 0 spiro atoms. The van der Waals surface area contributed by atoms with Crippen LogP contribution in [0.2, 0.25) is 0 Å². The number of rotatable bonds is 5. The monoisotopic (exact) mass is 297 g/mol. The fourth-order valence-electron chi connectivity index (χ4n) is 2.80. The summed E-state index contributed by atoms with van der Waals surface area (Å²) in [5.74, 6) is 0. The second-order valence-electron chi connectivity index (χ2n) is 5.69. The highest BCUT2D eigenvalue weighted by Gasteiger charge is 2.35. The van der Waals surface area contributed by atoms with Gasteiger partial charge in [0.05, 0.1) is 10.5 Å². The molecular formula is C15H23NO3S. The topological polar surface area (TPSA) is 57.6 Å². The fourth-order valence-corrected chi connectivity index (χ4v) is 4.12. The Morgan fingerprint density at radius 3 is 2.55 bits per heavy atom. The largest absolute Gasteiger partial charge is 0.389 e. The Morgan fingerprint density at radius 2 is 1.95 bits per heavy atom. The summed E-state index contributed by atoms with van der Waals surface area (Å²) in [7, 11) is -1.98. The van der Waals surface area contributed by atoms with Crippen LogP contribution in [-0.2, 0) is 16.4 Å². The van der Waals surface area contributed by atoms with Crippen molar-refractivity contribution in [3.63, 3.8) is 0 Å². The summed E-state index contributed by atoms with van der Waals surface area (Å²) in [5.41, 5.74) is 0.142. The number of sulfonamides is 1. The summed E-state index contributed by atoms with van der Waals surface area (Å²) in [6, 6.07) is 7.02. The second-order valence-corrected chi connectivity index (χ2v) is 7.74. The van der Waals surface area contributed by atoms with Crippen LogP contribution < -0.4 is 0 Å². The van der Waals surface area contributed by atoms with E-state index in [1.165, 1.54) is 4.31 Å². The highest BCUT2D eigenvalue weighted by Crippen LogP contribution is 2.31. The van der Waals surface area contributed by atoms with Crippen LogP contribution in [0.3, 0.4) is 0 Å². The van der Waals surface area contributed by atoms with Crippen molar-refractivity contribution in [2.45, 2.75) is 49.5 Å². The van der Waals surface area contributed by atoms with Gasteiger partial charge in [0, 0.05) is 13.6 Å². The molecule has 1 aromatic rings. The first-order chi connectivity index (χ1) is 9.37. The van der Waals surface area contributed by atoms with Crippen LogP contribution in [0.25, 0.3) is 0 Å². The van der Waals surface area contributed by atoms with E-state index in [9.17, 15) is 13.5 Å². The van der Waals surface area contributed by atoms with E-state index < -0.39 is 15.6 Å². The fraction of sp³-hybridized carbons (Fsp3) is 0.600. The summed E-state index contributed by atoms with van der Waals surface area (Å²) < 4.78 is 26.4. The molecule has 0 unspecified atom stereocenters.